The Balaban J connectivity index is 1.97. The third-order valence-electron chi connectivity index (χ3n) is 5.42. The first-order valence-electron chi connectivity index (χ1n) is 10.1. The second-order valence-electron chi connectivity index (χ2n) is 7.28. The van der Waals surface area contributed by atoms with Crippen LogP contribution in [0.25, 0.3) is 0 Å². The van der Waals surface area contributed by atoms with Gasteiger partial charge in [0.05, 0.1) is 24.8 Å². The first kappa shape index (κ1) is 20.7. The maximum atomic E-state index is 13.2. The summed E-state index contributed by atoms with van der Waals surface area (Å²) in [4.78, 5) is 27.8. The summed E-state index contributed by atoms with van der Waals surface area (Å²) >= 11 is 0. The molecule has 0 aromatic heterocycles. The summed E-state index contributed by atoms with van der Waals surface area (Å²) in [5, 5.41) is 12.9. The van der Waals surface area contributed by atoms with Crippen LogP contribution in [-0.4, -0.2) is 35.5 Å². The van der Waals surface area contributed by atoms with E-state index in [0.29, 0.717) is 30.8 Å². The van der Waals surface area contributed by atoms with Gasteiger partial charge < -0.3 is 20.1 Å². The zero-order valence-electron chi connectivity index (χ0n) is 16.9. The minimum atomic E-state index is -0.444. The number of phenolic OH excluding ortho intramolecular Hbond substituents is 1. The van der Waals surface area contributed by atoms with Crippen LogP contribution in [-0.2, 0) is 9.59 Å². The lowest BCUT2D eigenvalue weighted by molar-refractivity contribution is -0.142. The summed E-state index contributed by atoms with van der Waals surface area (Å²) in [5.74, 6) is 0.0799. The van der Waals surface area contributed by atoms with E-state index in [2.05, 4.69) is 12.2 Å². The van der Waals surface area contributed by atoms with Crippen LogP contribution in [0.1, 0.15) is 44.2 Å². The Morgan fingerprint density at radius 3 is 2.66 bits per heavy atom. The largest absolute Gasteiger partial charge is 0.506 e. The Hall–Kier alpha value is -3.02. The summed E-state index contributed by atoms with van der Waals surface area (Å²) in [6.07, 6.45) is 2.60. The molecule has 1 fully saturated rings. The van der Waals surface area contributed by atoms with Crippen LogP contribution in [0.3, 0.4) is 0 Å². The van der Waals surface area contributed by atoms with Gasteiger partial charge in [0.1, 0.15) is 11.5 Å². The monoisotopic (exact) mass is 396 g/mol. The van der Waals surface area contributed by atoms with E-state index in [1.807, 2.05) is 29.2 Å². The minimum Gasteiger partial charge on any atom is -0.506 e. The number of carbonyl (C=O) groups excluding carboxylic acids is 2. The topological polar surface area (TPSA) is 78.9 Å². The fourth-order valence-corrected chi connectivity index (χ4v) is 3.92. The first-order valence-corrected chi connectivity index (χ1v) is 10.1. The van der Waals surface area contributed by atoms with Crippen LogP contribution in [0.2, 0.25) is 0 Å². The number of phenols is 1. The highest BCUT2D eigenvalue weighted by molar-refractivity contribution is 5.96. The molecule has 0 saturated carbocycles. The Kier molecular flexibility index (Phi) is 6.75. The maximum absolute atomic E-state index is 13.2. The Bertz CT molecular complexity index is 867. The third kappa shape index (κ3) is 4.53. The number of unbranched alkanes of at least 4 members (excludes halogenated alkanes) is 1. The molecule has 6 nitrogen and oxygen atoms in total. The number of hydrogen-bond acceptors (Lipinski definition) is 4. The molecule has 1 aliphatic heterocycles. The number of methoxy groups -OCH3 is 1. The second kappa shape index (κ2) is 9.45. The van der Waals surface area contributed by atoms with E-state index in [4.69, 9.17) is 4.74 Å². The number of anilines is 1. The molecule has 154 valence electrons. The summed E-state index contributed by atoms with van der Waals surface area (Å²) in [6, 6.07) is 13.8. The van der Waals surface area contributed by atoms with Crippen LogP contribution in [0.5, 0.6) is 11.5 Å². The molecular formula is C23H28N2O4. The van der Waals surface area contributed by atoms with Crippen LogP contribution in [0.4, 0.5) is 5.69 Å². The molecular weight excluding hydrogens is 368 g/mol. The van der Waals surface area contributed by atoms with Crippen LogP contribution in [0.15, 0.2) is 48.5 Å². The van der Waals surface area contributed by atoms with E-state index in [0.717, 1.165) is 18.4 Å². The van der Waals surface area contributed by atoms with Gasteiger partial charge >= 0.3 is 0 Å². The smallest absolute Gasteiger partial charge is 0.230 e. The molecule has 2 aromatic rings. The highest BCUT2D eigenvalue weighted by Crippen LogP contribution is 2.41. The normalized spacial score (nSPS) is 19.1. The van der Waals surface area contributed by atoms with E-state index in [9.17, 15) is 14.7 Å². The number of benzene rings is 2. The van der Waals surface area contributed by atoms with Crippen molar-refractivity contribution >= 4 is 17.5 Å². The van der Waals surface area contributed by atoms with Gasteiger partial charge in [0.15, 0.2) is 0 Å². The molecule has 2 amide bonds. The molecule has 2 atom stereocenters. The number of carbonyl (C=O) groups is 2. The third-order valence-corrected chi connectivity index (χ3v) is 5.42. The molecule has 1 heterocycles. The summed E-state index contributed by atoms with van der Waals surface area (Å²) in [6.45, 7) is 2.67. The van der Waals surface area contributed by atoms with Gasteiger partial charge in [-0.3, -0.25) is 9.59 Å². The van der Waals surface area contributed by atoms with Gasteiger partial charge in [-0.2, -0.15) is 0 Å². The molecule has 29 heavy (non-hydrogen) atoms. The van der Waals surface area contributed by atoms with Crippen LogP contribution < -0.4 is 10.1 Å². The SMILES string of the molecule is CCCCN1C(=O)CC[C@@H](C(=O)Nc2ccccc2O)[C@@H]1c1ccccc1OC. The lowest BCUT2D eigenvalue weighted by Gasteiger charge is -2.41. The minimum absolute atomic E-state index is 0.0180. The number of aromatic hydroxyl groups is 1. The van der Waals surface area contributed by atoms with Crippen molar-refractivity contribution in [2.24, 2.45) is 5.92 Å². The van der Waals surface area contributed by atoms with E-state index in [1.54, 1.807) is 25.3 Å². The summed E-state index contributed by atoms with van der Waals surface area (Å²) in [7, 11) is 1.59. The van der Waals surface area contributed by atoms with Crippen molar-refractivity contribution in [2.45, 2.75) is 38.6 Å². The zero-order chi connectivity index (χ0) is 20.8. The van der Waals surface area contributed by atoms with E-state index < -0.39 is 12.0 Å². The molecule has 2 aromatic carbocycles. The number of nitrogens with one attached hydrogen (secondary N) is 1. The highest BCUT2D eigenvalue weighted by Gasteiger charge is 2.41. The first-order chi connectivity index (χ1) is 14.1. The molecule has 0 aliphatic carbocycles. The quantitative estimate of drug-likeness (QED) is 0.690. The molecule has 0 spiro atoms. The van der Waals surface area contributed by atoms with Crippen LogP contribution >= 0.6 is 0 Å². The van der Waals surface area contributed by atoms with Gasteiger partial charge in [-0.25, -0.2) is 0 Å². The lowest BCUT2D eigenvalue weighted by Crippen LogP contribution is -2.47. The van der Waals surface area contributed by atoms with Crippen molar-refractivity contribution in [1.82, 2.24) is 4.90 Å². The Morgan fingerprint density at radius 1 is 1.21 bits per heavy atom. The van der Waals surface area contributed by atoms with Crippen molar-refractivity contribution in [3.05, 3.63) is 54.1 Å². The molecule has 3 rings (SSSR count). The van der Waals surface area contributed by atoms with Crippen molar-refractivity contribution < 1.29 is 19.4 Å². The number of para-hydroxylation sites is 3. The summed E-state index contributed by atoms with van der Waals surface area (Å²) < 4.78 is 5.54. The number of rotatable bonds is 7. The molecule has 6 heteroatoms. The molecule has 0 unspecified atom stereocenters. The number of likely N-dealkylation sites (tertiary alicyclic amines) is 1. The van der Waals surface area contributed by atoms with Crippen molar-refractivity contribution in [3.8, 4) is 11.5 Å². The van der Waals surface area contributed by atoms with Gasteiger partial charge in [0, 0.05) is 18.5 Å². The van der Waals surface area contributed by atoms with Gasteiger partial charge in [-0.05, 0) is 31.0 Å². The van der Waals surface area contributed by atoms with Crippen molar-refractivity contribution in [1.29, 1.82) is 0 Å². The Morgan fingerprint density at radius 2 is 1.93 bits per heavy atom. The van der Waals surface area contributed by atoms with E-state index in [-0.39, 0.29) is 17.6 Å². The average Bonchev–Trinajstić information content (AvgIpc) is 2.74. The van der Waals surface area contributed by atoms with Gasteiger partial charge in [-0.15, -0.1) is 0 Å². The summed E-state index contributed by atoms with van der Waals surface area (Å²) in [5.41, 5.74) is 1.20. The standard InChI is InChI=1S/C23H28N2O4/c1-3-4-15-25-21(27)14-13-17(22(25)16-9-5-8-12-20(16)29-2)23(28)24-18-10-6-7-11-19(18)26/h5-12,17,22,26H,3-4,13-15H2,1-2H3,(H,24,28)/t17-,22+/m1/s1. The fraction of sp³-hybridized carbons (Fsp3) is 0.391. The van der Waals surface area contributed by atoms with E-state index in [1.165, 1.54) is 6.07 Å². The molecule has 1 saturated heterocycles. The van der Waals surface area contributed by atoms with Gasteiger partial charge in [0.25, 0.3) is 0 Å². The van der Waals surface area contributed by atoms with Gasteiger partial charge in [0.2, 0.25) is 11.8 Å². The molecule has 2 N–H and O–H groups in total. The molecule has 1 aliphatic rings. The van der Waals surface area contributed by atoms with Crippen LogP contribution in [0, 0.1) is 5.92 Å². The van der Waals surface area contributed by atoms with Crippen molar-refractivity contribution in [3.63, 3.8) is 0 Å². The second-order valence-corrected chi connectivity index (χ2v) is 7.28. The number of nitrogens with zero attached hydrogens (tertiary/aromatic N) is 1. The molecule has 0 bridgehead atoms. The highest BCUT2D eigenvalue weighted by atomic mass is 16.5. The maximum Gasteiger partial charge on any atom is 0.230 e. The zero-order valence-corrected chi connectivity index (χ0v) is 16.9. The van der Waals surface area contributed by atoms with Crippen molar-refractivity contribution in [2.75, 3.05) is 19.0 Å². The predicted molar refractivity (Wildman–Crippen MR) is 112 cm³/mol. The fourth-order valence-electron chi connectivity index (χ4n) is 3.92. The lowest BCUT2D eigenvalue weighted by atomic mass is 9.83. The number of amides is 2. The number of ether oxygens (including phenoxy) is 1. The van der Waals surface area contributed by atoms with Gasteiger partial charge in [-0.1, -0.05) is 43.7 Å². The predicted octanol–water partition coefficient (Wildman–Crippen LogP) is 4.12. The molecule has 0 radical (unpaired) electrons. The number of hydrogen-bond donors (Lipinski definition) is 2. The average molecular weight is 396 g/mol. The Labute approximate surface area is 171 Å². The number of piperidine rings is 1. The van der Waals surface area contributed by atoms with E-state index >= 15 is 0 Å².